The van der Waals surface area contributed by atoms with E-state index in [1.165, 1.54) is 0 Å². The molecule has 0 spiro atoms. The number of benzene rings is 1. The lowest BCUT2D eigenvalue weighted by atomic mass is 9.86. The Bertz CT molecular complexity index is 396. The first kappa shape index (κ1) is 12.4. The third-order valence-corrected chi connectivity index (χ3v) is 2.25. The summed E-state index contributed by atoms with van der Waals surface area (Å²) in [5.74, 6) is -0.802. The number of carboxylic acid groups (broad SMARTS) is 1. The van der Waals surface area contributed by atoms with E-state index in [1.54, 1.807) is 24.3 Å². The Hall–Kier alpha value is -1.64. The maximum Gasteiger partial charge on any atom is 0.307 e. The second kappa shape index (κ2) is 4.47. The highest BCUT2D eigenvalue weighted by Gasteiger charge is 2.22. The Morgan fingerprint density at radius 2 is 1.62 bits per heavy atom. The topological polar surface area (TPSA) is 54.4 Å². The van der Waals surface area contributed by atoms with Gasteiger partial charge in [0.25, 0.3) is 0 Å². The first-order valence-corrected chi connectivity index (χ1v) is 5.16. The summed E-state index contributed by atoms with van der Waals surface area (Å²) in [6.07, 6.45) is -0.00993. The summed E-state index contributed by atoms with van der Waals surface area (Å²) in [6.45, 7) is 5.58. The van der Waals surface area contributed by atoms with Gasteiger partial charge in [-0.25, -0.2) is 0 Å². The monoisotopic (exact) mass is 220 g/mol. The highest BCUT2D eigenvalue weighted by Crippen LogP contribution is 2.20. The van der Waals surface area contributed by atoms with Gasteiger partial charge in [-0.15, -0.1) is 0 Å². The lowest BCUT2D eigenvalue weighted by molar-refractivity contribution is -0.136. The van der Waals surface area contributed by atoms with E-state index < -0.39 is 11.4 Å². The van der Waals surface area contributed by atoms with Gasteiger partial charge in [0.15, 0.2) is 5.78 Å². The van der Waals surface area contributed by atoms with Crippen molar-refractivity contribution in [2.24, 2.45) is 5.41 Å². The van der Waals surface area contributed by atoms with Gasteiger partial charge in [0, 0.05) is 11.0 Å². The van der Waals surface area contributed by atoms with Crippen LogP contribution < -0.4 is 0 Å². The molecule has 0 aromatic heterocycles. The molecule has 1 rings (SSSR count). The molecule has 0 saturated heterocycles. The first-order chi connectivity index (χ1) is 7.30. The number of aliphatic carboxylic acids is 1. The van der Waals surface area contributed by atoms with Crippen molar-refractivity contribution in [1.82, 2.24) is 0 Å². The Labute approximate surface area is 95.1 Å². The molecule has 0 amide bonds. The summed E-state index contributed by atoms with van der Waals surface area (Å²) >= 11 is 0. The second-order valence-electron chi connectivity index (χ2n) is 4.85. The SMILES string of the molecule is CC(C)(C)C(=O)c1ccc(CC(=O)O)cc1. The van der Waals surface area contributed by atoms with Gasteiger partial charge in [0.2, 0.25) is 0 Å². The molecule has 0 fully saturated rings. The zero-order valence-corrected chi connectivity index (χ0v) is 9.78. The summed E-state index contributed by atoms with van der Waals surface area (Å²) in [5, 5.41) is 8.61. The zero-order valence-electron chi connectivity index (χ0n) is 9.78. The van der Waals surface area contributed by atoms with Crippen LogP contribution in [-0.2, 0) is 11.2 Å². The van der Waals surface area contributed by atoms with Gasteiger partial charge >= 0.3 is 5.97 Å². The summed E-state index contributed by atoms with van der Waals surface area (Å²) in [4.78, 5) is 22.4. The fourth-order valence-corrected chi connectivity index (χ4v) is 1.38. The largest absolute Gasteiger partial charge is 0.481 e. The number of Topliss-reactive ketones (excluding diaryl/α,β-unsaturated/α-hetero) is 1. The molecule has 86 valence electrons. The van der Waals surface area contributed by atoms with Crippen LogP contribution in [0.5, 0.6) is 0 Å². The molecule has 0 unspecified atom stereocenters. The minimum atomic E-state index is -0.866. The van der Waals surface area contributed by atoms with Crippen LogP contribution in [0.25, 0.3) is 0 Å². The van der Waals surface area contributed by atoms with E-state index in [1.807, 2.05) is 20.8 Å². The molecule has 3 heteroatoms. The van der Waals surface area contributed by atoms with Gasteiger partial charge in [-0.2, -0.15) is 0 Å². The van der Waals surface area contributed by atoms with Crippen LogP contribution in [0, 0.1) is 5.41 Å². The second-order valence-corrected chi connectivity index (χ2v) is 4.85. The molecule has 3 nitrogen and oxygen atoms in total. The van der Waals surface area contributed by atoms with Crippen molar-refractivity contribution >= 4 is 11.8 Å². The van der Waals surface area contributed by atoms with Crippen LogP contribution in [0.4, 0.5) is 0 Å². The summed E-state index contributed by atoms with van der Waals surface area (Å²) < 4.78 is 0. The van der Waals surface area contributed by atoms with Gasteiger partial charge in [0.1, 0.15) is 0 Å². The predicted molar refractivity (Wildman–Crippen MR) is 61.6 cm³/mol. The molecule has 0 aliphatic carbocycles. The average molecular weight is 220 g/mol. The molecule has 0 aliphatic heterocycles. The van der Waals surface area contributed by atoms with E-state index in [-0.39, 0.29) is 12.2 Å². The number of carbonyl (C=O) groups is 2. The average Bonchev–Trinajstić information content (AvgIpc) is 2.15. The Morgan fingerprint density at radius 3 is 2.00 bits per heavy atom. The molecule has 1 N–H and O–H groups in total. The molecular weight excluding hydrogens is 204 g/mol. The van der Waals surface area contributed by atoms with Crippen LogP contribution in [-0.4, -0.2) is 16.9 Å². The minimum absolute atomic E-state index is 0.00993. The van der Waals surface area contributed by atoms with Gasteiger partial charge in [-0.05, 0) is 5.56 Å². The van der Waals surface area contributed by atoms with Crippen LogP contribution in [0.3, 0.4) is 0 Å². The van der Waals surface area contributed by atoms with E-state index in [0.717, 1.165) is 0 Å². The fraction of sp³-hybridized carbons (Fsp3) is 0.385. The van der Waals surface area contributed by atoms with Crippen LogP contribution in [0.1, 0.15) is 36.7 Å². The lowest BCUT2D eigenvalue weighted by Gasteiger charge is -2.16. The quantitative estimate of drug-likeness (QED) is 0.796. The lowest BCUT2D eigenvalue weighted by Crippen LogP contribution is -2.20. The number of carbonyl (C=O) groups excluding carboxylic acids is 1. The number of carboxylic acids is 1. The molecule has 1 aromatic carbocycles. The standard InChI is InChI=1S/C13H16O3/c1-13(2,3)12(16)10-6-4-9(5-7-10)8-11(14)15/h4-7H,8H2,1-3H3,(H,14,15). The molecule has 0 atom stereocenters. The fourth-order valence-electron chi connectivity index (χ4n) is 1.38. The van der Waals surface area contributed by atoms with Crippen molar-refractivity contribution in [3.63, 3.8) is 0 Å². The van der Waals surface area contributed by atoms with Crippen LogP contribution in [0.2, 0.25) is 0 Å². The van der Waals surface area contributed by atoms with E-state index in [2.05, 4.69) is 0 Å². The van der Waals surface area contributed by atoms with E-state index in [4.69, 9.17) is 5.11 Å². The van der Waals surface area contributed by atoms with Gasteiger partial charge in [-0.3, -0.25) is 9.59 Å². The van der Waals surface area contributed by atoms with Crippen molar-refractivity contribution in [2.75, 3.05) is 0 Å². The van der Waals surface area contributed by atoms with Gasteiger partial charge < -0.3 is 5.11 Å². The predicted octanol–water partition coefficient (Wildman–Crippen LogP) is 2.54. The molecule has 0 heterocycles. The smallest absolute Gasteiger partial charge is 0.307 e. The normalized spacial score (nSPS) is 11.2. The molecule has 1 aromatic rings. The Kier molecular flexibility index (Phi) is 3.48. The molecule has 0 radical (unpaired) electrons. The van der Waals surface area contributed by atoms with Crippen LogP contribution >= 0.6 is 0 Å². The van der Waals surface area contributed by atoms with Gasteiger partial charge in [-0.1, -0.05) is 45.0 Å². The number of ketones is 1. The molecular formula is C13H16O3. The maximum atomic E-state index is 11.9. The highest BCUT2D eigenvalue weighted by molar-refractivity contribution is 5.99. The Balaban J connectivity index is 2.87. The molecule has 16 heavy (non-hydrogen) atoms. The zero-order chi connectivity index (χ0) is 12.3. The van der Waals surface area contributed by atoms with E-state index in [0.29, 0.717) is 11.1 Å². The van der Waals surface area contributed by atoms with Crippen molar-refractivity contribution in [3.8, 4) is 0 Å². The minimum Gasteiger partial charge on any atom is -0.481 e. The van der Waals surface area contributed by atoms with Gasteiger partial charge in [0.05, 0.1) is 6.42 Å². The summed E-state index contributed by atoms with van der Waals surface area (Å²) in [7, 11) is 0. The first-order valence-electron chi connectivity index (χ1n) is 5.16. The summed E-state index contributed by atoms with van der Waals surface area (Å²) in [5.41, 5.74) is 0.925. The van der Waals surface area contributed by atoms with E-state index in [9.17, 15) is 9.59 Å². The maximum absolute atomic E-state index is 11.9. The summed E-state index contributed by atoms with van der Waals surface area (Å²) in [6, 6.07) is 6.75. The van der Waals surface area contributed by atoms with Crippen molar-refractivity contribution < 1.29 is 14.7 Å². The third kappa shape index (κ3) is 3.19. The van der Waals surface area contributed by atoms with E-state index >= 15 is 0 Å². The number of rotatable bonds is 3. The Morgan fingerprint density at radius 1 is 1.12 bits per heavy atom. The molecule has 0 aliphatic rings. The third-order valence-electron chi connectivity index (χ3n) is 2.25. The molecule has 0 saturated carbocycles. The van der Waals surface area contributed by atoms with Crippen molar-refractivity contribution in [2.45, 2.75) is 27.2 Å². The van der Waals surface area contributed by atoms with Crippen molar-refractivity contribution in [1.29, 1.82) is 0 Å². The van der Waals surface area contributed by atoms with Crippen molar-refractivity contribution in [3.05, 3.63) is 35.4 Å². The number of hydrogen-bond acceptors (Lipinski definition) is 2. The number of hydrogen-bond donors (Lipinski definition) is 1. The van der Waals surface area contributed by atoms with Crippen LogP contribution in [0.15, 0.2) is 24.3 Å². The highest BCUT2D eigenvalue weighted by atomic mass is 16.4. The molecule has 0 bridgehead atoms.